The highest BCUT2D eigenvalue weighted by Gasteiger charge is 2.30. The van der Waals surface area contributed by atoms with Gasteiger partial charge in [0.2, 0.25) is 0 Å². The number of hydrogen-bond acceptors (Lipinski definition) is 2. The molecule has 162 valence electrons. The molecule has 0 aliphatic heterocycles. The van der Waals surface area contributed by atoms with Gasteiger partial charge in [-0.2, -0.15) is 18.3 Å². The molecule has 0 radical (unpaired) electrons. The Kier molecular flexibility index (Phi) is 5.52. The van der Waals surface area contributed by atoms with Crippen LogP contribution in [0, 0.1) is 5.82 Å². The number of nitrogens with zero attached hydrogens (tertiary/aromatic N) is 2. The van der Waals surface area contributed by atoms with E-state index in [1.165, 1.54) is 35.1 Å². The zero-order chi connectivity index (χ0) is 22.9. The van der Waals surface area contributed by atoms with E-state index in [-0.39, 0.29) is 17.9 Å². The second-order valence-corrected chi connectivity index (χ2v) is 7.15. The summed E-state index contributed by atoms with van der Waals surface area (Å²) >= 11 is 0. The molecular formula is C24H16F4N2O2. The second-order valence-electron chi connectivity index (χ2n) is 7.15. The fraction of sp³-hybridized carbons (Fsp3) is 0.0833. The van der Waals surface area contributed by atoms with Crippen molar-refractivity contribution >= 4 is 5.97 Å². The summed E-state index contributed by atoms with van der Waals surface area (Å²) in [6, 6.07) is 17.7. The largest absolute Gasteiger partial charge is 0.481 e. The second kappa shape index (κ2) is 8.30. The third kappa shape index (κ3) is 4.54. The first-order chi connectivity index (χ1) is 15.2. The Morgan fingerprint density at radius 2 is 1.50 bits per heavy atom. The van der Waals surface area contributed by atoms with Gasteiger partial charge in [0, 0.05) is 17.3 Å². The molecule has 0 spiro atoms. The molecule has 8 heteroatoms. The fourth-order valence-electron chi connectivity index (χ4n) is 3.36. The van der Waals surface area contributed by atoms with Crippen molar-refractivity contribution in [3.63, 3.8) is 0 Å². The lowest BCUT2D eigenvalue weighted by Gasteiger charge is -2.08. The minimum atomic E-state index is -4.51. The first-order valence-corrected chi connectivity index (χ1v) is 9.55. The predicted octanol–water partition coefficient (Wildman–Crippen LogP) is 5.99. The van der Waals surface area contributed by atoms with Crippen LogP contribution in [0.5, 0.6) is 0 Å². The number of aromatic nitrogens is 2. The number of halogens is 4. The number of carbonyl (C=O) groups is 1. The van der Waals surface area contributed by atoms with E-state index in [1.54, 1.807) is 36.4 Å². The van der Waals surface area contributed by atoms with Gasteiger partial charge in [0.05, 0.1) is 23.4 Å². The van der Waals surface area contributed by atoms with Gasteiger partial charge in [0.15, 0.2) is 0 Å². The van der Waals surface area contributed by atoms with Gasteiger partial charge in [-0.1, -0.05) is 42.5 Å². The van der Waals surface area contributed by atoms with Crippen molar-refractivity contribution in [1.29, 1.82) is 0 Å². The van der Waals surface area contributed by atoms with Gasteiger partial charge in [-0.25, -0.2) is 9.07 Å². The molecule has 1 N–H and O–H groups in total. The first-order valence-electron chi connectivity index (χ1n) is 9.55. The van der Waals surface area contributed by atoms with Gasteiger partial charge in [-0.05, 0) is 41.5 Å². The van der Waals surface area contributed by atoms with Crippen LogP contribution in [0.3, 0.4) is 0 Å². The summed E-state index contributed by atoms with van der Waals surface area (Å²) in [7, 11) is 0. The number of aliphatic carboxylic acids is 1. The van der Waals surface area contributed by atoms with Gasteiger partial charge in [-0.3, -0.25) is 4.79 Å². The Bertz CT molecular complexity index is 1260. The molecule has 4 nitrogen and oxygen atoms in total. The zero-order valence-electron chi connectivity index (χ0n) is 16.5. The third-order valence-corrected chi connectivity index (χ3v) is 4.91. The minimum Gasteiger partial charge on any atom is -0.481 e. The molecule has 0 unspecified atom stereocenters. The molecule has 0 aliphatic rings. The molecule has 1 aromatic heterocycles. The van der Waals surface area contributed by atoms with E-state index in [2.05, 4.69) is 5.10 Å². The fourth-order valence-corrected chi connectivity index (χ4v) is 3.36. The summed E-state index contributed by atoms with van der Waals surface area (Å²) in [5.74, 6) is -1.43. The van der Waals surface area contributed by atoms with Crippen molar-refractivity contribution in [2.45, 2.75) is 12.6 Å². The highest BCUT2D eigenvalue weighted by Crippen LogP contribution is 2.31. The van der Waals surface area contributed by atoms with Gasteiger partial charge in [0.1, 0.15) is 5.82 Å². The Morgan fingerprint density at radius 1 is 0.906 bits per heavy atom. The van der Waals surface area contributed by atoms with Gasteiger partial charge in [0.25, 0.3) is 0 Å². The smallest absolute Gasteiger partial charge is 0.416 e. The number of carboxylic acids is 1. The lowest BCUT2D eigenvalue weighted by Crippen LogP contribution is -2.06. The van der Waals surface area contributed by atoms with Crippen molar-refractivity contribution < 1.29 is 27.5 Å². The molecule has 32 heavy (non-hydrogen) atoms. The van der Waals surface area contributed by atoms with Gasteiger partial charge in [-0.15, -0.1) is 0 Å². The maximum absolute atomic E-state index is 13.1. The van der Waals surface area contributed by atoms with E-state index in [1.807, 2.05) is 0 Å². The maximum Gasteiger partial charge on any atom is 0.416 e. The topological polar surface area (TPSA) is 55.1 Å². The monoisotopic (exact) mass is 440 g/mol. The van der Waals surface area contributed by atoms with E-state index in [0.717, 1.165) is 23.3 Å². The molecule has 4 rings (SSSR count). The normalized spacial score (nSPS) is 11.5. The van der Waals surface area contributed by atoms with E-state index in [0.29, 0.717) is 16.8 Å². The highest BCUT2D eigenvalue weighted by molar-refractivity contribution is 5.76. The standard InChI is InChI=1S/C24H16F4N2O2/c25-20-10-8-16(9-11-20)15-4-6-17(7-5-15)23-18(12-22(31)32)14-30(29-23)21-3-1-2-19(13-21)24(26,27)28/h1-11,13-14H,12H2,(H,31,32). The number of hydrogen-bond donors (Lipinski definition) is 1. The van der Waals surface area contributed by atoms with Crippen LogP contribution < -0.4 is 0 Å². The number of carboxylic acid groups (broad SMARTS) is 1. The van der Waals surface area contributed by atoms with E-state index >= 15 is 0 Å². The van der Waals surface area contributed by atoms with Crippen LogP contribution >= 0.6 is 0 Å². The number of benzene rings is 3. The molecule has 0 saturated heterocycles. The Labute approximate surface area is 180 Å². The Morgan fingerprint density at radius 3 is 2.09 bits per heavy atom. The first kappa shape index (κ1) is 21.3. The average molecular weight is 440 g/mol. The van der Waals surface area contributed by atoms with Crippen molar-refractivity contribution in [2.24, 2.45) is 0 Å². The van der Waals surface area contributed by atoms with Crippen LogP contribution in [0.4, 0.5) is 17.6 Å². The molecular weight excluding hydrogens is 424 g/mol. The van der Waals surface area contributed by atoms with E-state index < -0.39 is 17.7 Å². The van der Waals surface area contributed by atoms with E-state index in [4.69, 9.17) is 0 Å². The lowest BCUT2D eigenvalue weighted by atomic mass is 10.0. The minimum absolute atomic E-state index is 0.167. The quantitative estimate of drug-likeness (QED) is 0.388. The molecule has 0 bridgehead atoms. The van der Waals surface area contributed by atoms with Crippen LogP contribution in [0.25, 0.3) is 28.1 Å². The van der Waals surface area contributed by atoms with Crippen LogP contribution in [0.2, 0.25) is 0 Å². The van der Waals surface area contributed by atoms with Crippen molar-refractivity contribution in [3.8, 4) is 28.1 Å². The molecule has 0 saturated carbocycles. The van der Waals surface area contributed by atoms with E-state index in [9.17, 15) is 27.5 Å². The lowest BCUT2D eigenvalue weighted by molar-refractivity contribution is -0.138. The molecule has 0 amide bonds. The van der Waals surface area contributed by atoms with Crippen LogP contribution in [0.15, 0.2) is 79.0 Å². The summed E-state index contributed by atoms with van der Waals surface area (Å²) in [6.07, 6.45) is -3.42. The average Bonchev–Trinajstić information content (AvgIpc) is 3.17. The third-order valence-electron chi connectivity index (χ3n) is 4.91. The SMILES string of the molecule is O=C(O)Cc1cn(-c2cccc(C(F)(F)F)c2)nc1-c1ccc(-c2ccc(F)cc2)cc1. The van der Waals surface area contributed by atoms with Crippen LogP contribution in [0.1, 0.15) is 11.1 Å². The summed E-state index contributed by atoms with van der Waals surface area (Å²) in [5.41, 5.74) is 2.30. The highest BCUT2D eigenvalue weighted by atomic mass is 19.4. The van der Waals surface area contributed by atoms with Crippen molar-refractivity contribution in [3.05, 3.63) is 95.9 Å². The Balaban J connectivity index is 1.73. The summed E-state index contributed by atoms with van der Waals surface area (Å²) in [4.78, 5) is 11.3. The molecule has 0 aliphatic carbocycles. The maximum atomic E-state index is 13.1. The molecule has 1 heterocycles. The van der Waals surface area contributed by atoms with Crippen LogP contribution in [-0.4, -0.2) is 20.9 Å². The Hall–Kier alpha value is -3.94. The molecule has 0 fully saturated rings. The summed E-state index contributed by atoms with van der Waals surface area (Å²) in [6.45, 7) is 0. The summed E-state index contributed by atoms with van der Waals surface area (Å²) < 4.78 is 53.6. The predicted molar refractivity (Wildman–Crippen MR) is 111 cm³/mol. The van der Waals surface area contributed by atoms with Gasteiger partial charge >= 0.3 is 12.1 Å². The molecule has 3 aromatic carbocycles. The van der Waals surface area contributed by atoms with Crippen molar-refractivity contribution in [2.75, 3.05) is 0 Å². The zero-order valence-corrected chi connectivity index (χ0v) is 16.5. The summed E-state index contributed by atoms with van der Waals surface area (Å²) in [5, 5.41) is 13.6. The number of alkyl halides is 3. The van der Waals surface area contributed by atoms with Crippen molar-refractivity contribution in [1.82, 2.24) is 9.78 Å². The van der Waals surface area contributed by atoms with Gasteiger partial charge < -0.3 is 5.11 Å². The molecule has 4 aromatic rings. The van der Waals surface area contributed by atoms with Crippen LogP contribution in [-0.2, 0) is 17.4 Å². The number of rotatable bonds is 5. The molecule has 0 atom stereocenters.